The van der Waals surface area contributed by atoms with Crippen molar-refractivity contribution in [1.29, 1.82) is 0 Å². The quantitative estimate of drug-likeness (QED) is 0.700. The molecule has 0 spiro atoms. The highest BCUT2D eigenvalue weighted by Gasteiger charge is 2.04. The predicted octanol–water partition coefficient (Wildman–Crippen LogP) is 4.85. The minimum atomic E-state index is 0.704. The fourth-order valence-corrected chi connectivity index (χ4v) is 2.98. The van der Waals surface area contributed by atoms with E-state index in [-0.39, 0.29) is 0 Å². The van der Waals surface area contributed by atoms with E-state index in [4.69, 9.17) is 5.73 Å². The maximum Gasteiger partial charge on any atom is 0.0408 e. The first kappa shape index (κ1) is 17.2. The summed E-state index contributed by atoms with van der Waals surface area (Å²) in [5.74, 6) is 0. The van der Waals surface area contributed by atoms with Crippen LogP contribution in [0.5, 0.6) is 0 Å². The number of aryl methyl sites for hydroxylation is 1. The maximum absolute atomic E-state index is 5.61. The van der Waals surface area contributed by atoms with Crippen molar-refractivity contribution in [1.82, 2.24) is 0 Å². The normalized spacial score (nSPS) is 10.7. The van der Waals surface area contributed by atoms with E-state index in [1.807, 2.05) is 0 Å². The van der Waals surface area contributed by atoms with Gasteiger partial charge in [0.25, 0.3) is 0 Å². The smallest absolute Gasteiger partial charge is 0.0408 e. The molecule has 0 radical (unpaired) electrons. The van der Waals surface area contributed by atoms with Crippen LogP contribution in [0, 0.1) is 6.92 Å². The number of rotatable bonds is 6. The number of hydrogen-bond acceptors (Lipinski definition) is 2. The van der Waals surface area contributed by atoms with E-state index in [2.05, 4.69) is 91.7 Å². The Kier molecular flexibility index (Phi) is 5.52. The molecule has 128 valence electrons. The Balaban J connectivity index is 1.68. The van der Waals surface area contributed by atoms with Crippen LogP contribution in [0.25, 0.3) is 0 Å². The van der Waals surface area contributed by atoms with E-state index in [9.17, 15) is 0 Å². The lowest BCUT2D eigenvalue weighted by molar-refractivity contribution is 0.966. The number of anilines is 2. The number of nitrogens with zero attached hydrogens (tertiary/aromatic N) is 1. The molecule has 0 unspecified atom stereocenters. The second-order valence-electron chi connectivity index (χ2n) is 6.59. The molecule has 0 heterocycles. The van der Waals surface area contributed by atoms with Gasteiger partial charge in [-0.05, 0) is 67.3 Å². The van der Waals surface area contributed by atoms with Crippen LogP contribution in [-0.2, 0) is 12.8 Å². The van der Waals surface area contributed by atoms with E-state index in [1.54, 1.807) is 0 Å². The molecular formula is C23H26N2. The Hall–Kier alpha value is -2.58. The van der Waals surface area contributed by atoms with Crippen LogP contribution in [0.2, 0.25) is 0 Å². The molecule has 3 aromatic carbocycles. The molecule has 3 rings (SSSR count). The van der Waals surface area contributed by atoms with Gasteiger partial charge in [-0.1, -0.05) is 54.1 Å². The average molecular weight is 330 g/mol. The lowest BCUT2D eigenvalue weighted by Gasteiger charge is -2.20. The highest BCUT2D eigenvalue weighted by Crippen LogP contribution is 2.24. The molecule has 0 aromatic heterocycles. The summed E-state index contributed by atoms with van der Waals surface area (Å²) in [6.45, 7) is 2.82. The Morgan fingerprint density at radius 2 is 1.12 bits per heavy atom. The Labute approximate surface area is 150 Å². The molecule has 0 aliphatic rings. The van der Waals surface area contributed by atoms with Gasteiger partial charge in [-0.2, -0.15) is 0 Å². The molecule has 0 bridgehead atoms. The topological polar surface area (TPSA) is 29.3 Å². The van der Waals surface area contributed by atoms with Crippen LogP contribution in [0.15, 0.2) is 72.8 Å². The molecule has 0 saturated heterocycles. The van der Waals surface area contributed by atoms with Gasteiger partial charge in [-0.25, -0.2) is 0 Å². The average Bonchev–Trinajstić information content (AvgIpc) is 2.64. The molecule has 3 aromatic rings. The summed E-state index contributed by atoms with van der Waals surface area (Å²) in [6.07, 6.45) is 1.90. The van der Waals surface area contributed by atoms with Crippen LogP contribution in [0.1, 0.15) is 22.3 Å². The molecule has 0 aliphatic carbocycles. The Bertz CT molecular complexity index is 787. The SMILES string of the molecule is Cc1ccc(N(C)c2ccc(Cc3ccc(CCN)cc3)cc2)cc1. The van der Waals surface area contributed by atoms with Gasteiger partial charge in [-0.3, -0.25) is 0 Å². The van der Waals surface area contributed by atoms with Crippen molar-refractivity contribution in [3.05, 3.63) is 95.1 Å². The van der Waals surface area contributed by atoms with E-state index in [0.717, 1.165) is 12.8 Å². The molecule has 2 nitrogen and oxygen atoms in total. The van der Waals surface area contributed by atoms with Gasteiger partial charge in [-0.15, -0.1) is 0 Å². The highest BCUT2D eigenvalue weighted by atomic mass is 15.1. The summed E-state index contributed by atoms with van der Waals surface area (Å²) in [7, 11) is 2.11. The van der Waals surface area contributed by atoms with E-state index >= 15 is 0 Å². The first-order valence-electron chi connectivity index (χ1n) is 8.83. The van der Waals surface area contributed by atoms with Crippen molar-refractivity contribution in [2.75, 3.05) is 18.5 Å². The third-order valence-corrected chi connectivity index (χ3v) is 4.61. The van der Waals surface area contributed by atoms with Crippen LogP contribution in [-0.4, -0.2) is 13.6 Å². The van der Waals surface area contributed by atoms with Crippen molar-refractivity contribution < 1.29 is 0 Å². The zero-order chi connectivity index (χ0) is 17.6. The van der Waals surface area contributed by atoms with E-state index in [1.165, 1.54) is 33.6 Å². The third-order valence-electron chi connectivity index (χ3n) is 4.61. The predicted molar refractivity (Wildman–Crippen MR) is 108 cm³/mol. The van der Waals surface area contributed by atoms with E-state index < -0.39 is 0 Å². The maximum atomic E-state index is 5.61. The Morgan fingerprint density at radius 3 is 1.64 bits per heavy atom. The van der Waals surface area contributed by atoms with Gasteiger partial charge >= 0.3 is 0 Å². The van der Waals surface area contributed by atoms with Crippen molar-refractivity contribution in [3.63, 3.8) is 0 Å². The molecule has 25 heavy (non-hydrogen) atoms. The molecule has 2 N–H and O–H groups in total. The number of nitrogens with two attached hydrogens (primary N) is 1. The summed E-state index contributed by atoms with van der Waals surface area (Å²) < 4.78 is 0. The zero-order valence-corrected chi connectivity index (χ0v) is 15.1. The monoisotopic (exact) mass is 330 g/mol. The minimum Gasteiger partial charge on any atom is -0.345 e. The van der Waals surface area contributed by atoms with Gasteiger partial charge < -0.3 is 10.6 Å². The summed E-state index contributed by atoms with van der Waals surface area (Å²) >= 11 is 0. The Morgan fingerprint density at radius 1 is 0.680 bits per heavy atom. The fourth-order valence-electron chi connectivity index (χ4n) is 2.98. The van der Waals surface area contributed by atoms with Crippen molar-refractivity contribution in [3.8, 4) is 0 Å². The first-order chi connectivity index (χ1) is 12.2. The summed E-state index contributed by atoms with van der Waals surface area (Å²) in [6, 6.07) is 26.2. The summed E-state index contributed by atoms with van der Waals surface area (Å²) in [5.41, 5.74) is 13.3. The molecule has 0 aliphatic heterocycles. The minimum absolute atomic E-state index is 0.704. The molecular weight excluding hydrogens is 304 g/mol. The zero-order valence-electron chi connectivity index (χ0n) is 15.1. The second-order valence-corrected chi connectivity index (χ2v) is 6.59. The lowest BCUT2D eigenvalue weighted by Crippen LogP contribution is -2.09. The largest absolute Gasteiger partial charge is 0.345 e. The number of benzene rings is 3. The molecule has 0 fully saturated rings. The standard InChI is InChI=1S/C23H26N2/c1-18-3-11-22(12-4-18)25(2)23-13-9-21(10-14-23)17-20-7-5-19(6-8-20)15-16-24/h3-14H,15-17,24H2,1-2H3. The van der Waals surface area contributed by atoms with Crippen molar-refractivity contribution >= 4 is 11.4 Å². The second kappa shape index (κ2) is 8.00. The summed E-state index contributed by atoms with van der Waals surface area (Å²) in [5, 5.41) is 0. The lowest BCUT2D eigenvalue weighted by atomic mass is 10.0. The number of hydrogen-bond donors (Lipinski definition) is 1. The fraction of sp³-hybridized carbons (Fsp3) is 0.217. The van der Waals surface area contributed by atoms with Gasteiger partial charge in [0, 0.05) is 18.4 Å². The molecule has 2 heteroatoms. The van der Waals surface area contributed by atoms with Crippen molar-refractivity contribution in [2.24, 2.45) is 5.73 Å². The van der Waals surface area contributed by atoms with Crippen molar-refractivity contribution in [2.45, 2.75) is 19.8 Å². The third kappa shape index (κ3) is 4.49. The highest BCUT2D eigenvalue weighted by molar-refractivity contribution is 5.62. The van der Waals surface area contributed by atoms with Gasteiger partial charge in [0.2, 0.25) is 0 Å². The van der Waals surface area contributed by atoms with Crippen LogP contribution in [0.3, 0.4) is 0 Å². The van der Waals surface area contributed by atoms with Crippen LogP contribution >= 0.6 is 0 Å². The molecule has 0 atom stereocenters. The van der Waals surface area contributed by atoms with Gasteiger partial charge in [0.15, 0.2) is 0 Å². The first-order valence-corrected chi connectivity index (χ1v) is 8.83. The van der Waals surface area contributed by atoms with E-state index in [0.29, 0.717) is 6.54 Å². The summed E-state index contributed by atoms with van der Waals surface area (Å²) in [4.78, 5) is 2.21. The van der Waals surface area contributed by atoms with Crippen LogP contribution < -0.4 is 10.6 Å². The molecule has 0 amide bonds. The molecule has 0 saturated carbocycles. The van der Waals surface area contributed by atoms with Gasteiger partial charge in [0.05, 0.1) is 0 Å². The van der Waals surface area contributed by atoms with Gasteiger partial charge in [0.1, 0.15) is 0 Å². The van der Waals surface area contributed by atoms with Crippen LogP contribution in [0.4, 0.5) is 11.4 Å².